The fraction of sp³-hybridized carbons (Fsp3) is 0.250. The number of hydrogen-bond donors (Lipinski definition) is 3. The van der Waals surface area contributed by atoms with Crippen LogP contribution in [0.5, 0.6) is 17.2 Å². The molecule has 0 heterocycles. The standard InChI is InChI=1S/C20H22BrN3O5/c1-12(23-18(25)8-13-4-6-16(28-2)7-5-13)20(27)24-22-11-14-9-15(21)10-17(29-3)19(14)26/h4-7,9-12,26H,8H2,1-3H3,(H,23,25)(H,24,27)/b22-11+. The van der Waals surface area contributed by atoms with Crippen molar-refractivity contribution >= 4 is 34.0 Å². The van der Waals surface area contributed by atoms with Crippen molar-refractivity contribution in [2.45, 2.75) is 19.4 Å². The lowest BCUT2D eigenvalue weighted by atomic mass is 10.1. The molecule has 1 unspecified atom stereocenters. The third-order valence-corrected chi connectivity index (χ3v) is 4.42. The van der Waals surface area contributed by atoms with E-state index < -0.39 is 11.9 Å². The Balaban J connectivity index is 1.89. The molecule has 0 bridgehead atoms. The van der Waals surface area contributed by atoms with Crippen molar-refractivity contribution in [2.24, 2.45) is 5.10 Å². The molecule has 0 aliphatic carbocycles. The van der Waals surface area contributed by atoms with E-state index in [-0.39, 0.29) is 23.8 Å². The molecule has 9 heteroatoms. The zero-order valence-corrected chi connectivity index (χ0v) is 17.8. The van der Waals surface area contributed by atoms with E-state index in [0.717, 1.165) is 5.56 Å². The maximum atomic E-state index is 12.1. The first kappa shape index (κ1) is 22.2. The number of carbonyl (C=O) groups is 2. The summed E-state index contributed by atoms with van der Waals surface area (Å²) in [6.45, 7) is 1.55. The number of hydrogen-bond acceptors (Lipinski definition) is 6. The molecular formula is C20H22BrN3O5. The van der Waals surface area contributed by atoms with Crippen LogP contribution in [-0.2, 0) is 16.0 Å². The number of halogens is 1. The topological polar surface area (TPSA) is 109 Å². The SMILES string of the molecule is COc1ccc(CC(=O)NC(C)C(=O)N/N=C/c2cc(Br)cc(OC)c2O)cc1. The van der Waals surface area contributed by atoms with E-state index in [0.29, 0.717) is 15.8 Å². The summed E-state index contributed by atoms with van der Waals surface area (Å²) in [6, 6.07) is 9.53. The molecule has 0 radical (unpaired) electrons. The Morgan fingerprint density at radius 2 is 1.90 bits per heavy atom. The average Bonchev–Trinajstić information content (AvgIpc) is 2.70. The summed E-state index contributed by atoms with van der Waals surface area (Å²) >= 11 is 3.30. The molecule has 8 nitrogen and oxygen atoms in total. The average molecular weight is 464 g/mol. The van der Waals surface area contributed by atoms with Gasteiger partial charge in [0.05, 0.1) is 26.9 Å². The van der Waals surface area contributed by atoms with Gasteiger partial charge in [-0.15, -0.1) is 0 Å². The van der Waals surface area contributed by atoms with Crippen LogP contribution in [0, 0.1) is 0 Å². The zero-order chi connectivity index (χ0) is 21.4. The molecule has 0 aromatic heterocycles. The number of nitrogens with one attached hydrogen (secondary N) is 2. The van der Waals surface area contributed by atoms with Crippen molar-refractivity contribution in [3.05, 3.63) is 52.0 Å². The van der Waals surface area contributed by atoms with Crippen molar-refractivity contribution in [2.75, 3.05) is 14.2 Å². The van der Waals surface area contributed by atoms with Gasteiger partial charge in [-0.05, 0) is 36.8 Å². The molecular weight excluding hydrogens is 442 g/mol. The molecule has 2 aromatic carbocycles. The van der Waals surface area contributed by atoms with Gasteiger partial charge in [-0.3, -0.25) is 9.59 Å². The van der Waals surface area contributed by atoms with E-state index in [9.17, 15) is 14.7 Å². The Labute approximate surface area is 177 Å². The number of carbonyl (C=O) groups excluding carboxylic acids is 2. The van der Waals surface area contributed by atoms with Gasteiger partial charge >= 0.3 is 0 Å². The molecule has 2 aromatic rings. The quantitative estimate of drug-likeness (QED) is 0.411. The molecule has 0 spiro atoms. The van der Waals surface area contributed by atoms with Gasteiger partial charge in [0, 0.05) is 10.0 Å². The van der Waals surface area contributed by atoms with Crippen LogP contribution in [0.3, 0.4) is 0 Å². The van der Waals surface area contributed by atoms with E-state index in [1.165, 1.54) is 13.3 Å². The van der Waals surface area contributed by atoms with E-state index in [1.807, 2.05) is 0 Å². The highest BCUT2D eigenvalue weighted by molar-refractivity contribution is 9.10. The van der Waals surface area contributed by atoms with Gasteiger partial charge in [0.2, 0.25) is 5.91 Å². The second-order valence-electron chi connectivity index (χ2n) is 6.09. The van der Waals surface area contributed by atoms with Crippen molar-refractivity contribution in [1.82, 2.24) is 10.7 Å². The summed E-state index contributed by atoms with van der Waals surface area (Å²) in [6.07, 6.45) is 1.42. The molecule has 1 atom stereocenters. The van der Waals surface area contributed by atoms with Gasteiger partial charge < -0.3 is 19.9 Å². The summed E-state index contributed by atoms with van der Waals surface area (Å²) in [5.41, 5.74) is 3.48. The van der Waals surface area contributed by atoms with E-state index in [1.54, 1.807) is 50.4 Å². The van der Waals surface area contributed by atoms with Crippen LogP contribution in [0.15, 0.2) is 46.0 Å². The first-order chi connectivity index (χ1) is 13.8. The Kier molecular flexibility index (Phi) is 8.02. The first-order valence-corrected chi connectivity index (χ1v) is 9.45. The van der Waals surface area contributed by atoms with Crippen LogP contribution >= 0.6 is 15.9 Å². The number of benzene rings is 2. The molecule has 0 aliphatic heterocycles. The molecule has 3 N–H and O–H groups in total. The summed E-state index contributed by atoms with van der Waals surface area (Å²) < 4.78 is 10.8. The highest BCUT2D eigenvalue weighted by Gasteiger charge is 2.15. The smallest absolute Gasteiger partial charge is 0.262 e. The number of methoxy groups -OCH3 is 2. The summed E-state index contributed by atoms with van der Waals surface area (Å²) in [5.74, 6) is 0.0803. The molecule has 0 saturated heterocycles. The molecule has 2 amide bonds. The maximum Gasteiger partial charge on any atom is 0.262 e. The highest BCUT2D eigenvalue weighted by atomic mass is 79.9. The summed E-state index contributed by atoms with van der Waals surface area (Å²) in [4.78, 5) is 24.2. The van der Waals surface area contributed by atoms with Crippen LogP contribution in [0.4, 0.5) is 0 Å². The minimum Gasteiger partial charge on any atom is -0.504 e. The van der Waals surface area contributed by atoms with Crippen LogP contribution < -0.4 is 20.2 Å². The molecule has 0 fully saturated rings. The van der Waals surface area contributed by atoms with Gasteiger partial charge in [0.15, 0.2) is 11.5 Å². The number of amides is 2. The van der Waals surface area contributed by atoms with E-state index in [2.05, 4.69) is 31.8 Å². The van der Waals surface area contributed by atoms with Crippen molar-refractivity contribution in [3.8, 4) is 17.2 Å². The number of hydrazone groups is 1. The maximum absolute atomic E-state index is 12.1. The normalized spacial score (nSPS) is 11.7. The summed E-state index contributed by atoms with van der Waals surface area (Å²) in [7, 11) is 3.00. The number of ether oxygens (including phenoxy) is 2. The molecule has 2 rings (SSSR count). The lowest BCUT2D eigenvalue weighted by Gasteiger charge is -2.12. The Hall–Kier alpha value is -3.07. The van der Waals surface area contributed by atoms with Gasteiger partial charge in [0.25, 0.3) is 5.91 Å². The third kappa shape index (κ3) is 6.49. The number of rotatable bonds is 8. The fourth-order valence-electron chi connectivity index (χ4n) is 2.40. The van der Waals surface area contributed by atoms with Gasteiger partial charge in [-0.2, -0.15) is 5.10 Å². The molecule has 154 valence electrons. The minimum absolute atomic E-state index is 0.102. The minimum atomic E-state index is -0.788. The Morgan fingerprint density at radius 3 is 2.52 bits per heavy atom. The highest BCUT2D eigenvalue weighted by Crippen LogP contribution is 2.32. The third-order valence-electron chi connectivity index (χ3n) is 3.96. The number of phenols is 1. The van der Waals surface area contributed by atoms with Crippen molar-refractivity contribution < 1.29 is 24.2 Å². The molecule has 0 saturated carbocycles. The van der Waals surface area contributed by atoms with Crippen molar-refractivity contribution in [3.63, 3.8) is 0 Å². The lowest BCUT2D eigenvalue weighted by Crippen LogP contribution is -2.43. The number of nitrogens with zero attached hydrogens (tertiary/aromatic N) is 1. The fourth-order valence-corrected chi connectivity index (χ4v) is 2.85. The van der Waals surface area contributed by atoms with Crippen LogP contribution in [0.25, 0.3) is 0 Å². The van der Waals surface area contributed by atoms with Crippen LogP contribution in [0.2, 0.25) is 0 Å². The second-order valence-corrected chi connectivity index (χ2v) is 7.01. The first-order valence-electron chi connectivity index (χ1n) is 8.65. The predicted octanol–water partition coefficient (Wildman–Crippen LogP) is 2.37. The largest absolute Gasteiger partial charge is 0.504 e. The predicted molar refractivity (Wildman–Crippen MR) is 112 cm³/mol. The Bertz CT molecular complexity index is 900. The number of aromatic hydroxyl groups is 1. The van der Waals surface area contributed by atoms with E-state index >= 15 is 0 Å². The van der Waals surface area contributed by atoms with Crippen LogP contribution in [0.1, 0.15) is 18.1 Å². The molecule has 0 aliphatic rings. The molecule has 29 heavy (non-hydrogen) atoms. The van der Waals surface area contributed by atoms with Gasteiger partial charge in [-0.25, -0.2) is 5.43 Å². The monoisotopic (exact) mass is 463 g/mol. The van der Waals surface area contributed by atoms with Gasteiger partial charge in [-0.1, -0.05) is 28.1 Å². The van der Waals surface area contributed by atoms with E-state index in [4.69, 9.17) is 9.47 Å². The lowest BCUT2D eigenvalue weighted by molar-refractivity contribution is -0.128. The van der Waals surface area contributed by atoms with Crippen molar-refractivity contribution in [1.29, 1.82) is 0 Å². The second kappa shape index (κ2) is 10.5. The van der Waals surface area contributed by atoms with Gasteiger partial charge in [0.1, 0.15) is 11.8 Å². The Morgan fingerprint density at radius 1 is 1.21 bits per heavy atom. The zero-order valence-electron chi connectivity index (χ0n) is 16.2. The summed E-state index contributed by atoms with van der Waals surface area (Å²) in [5, 5.41) is 16.5. The van der Waals surface area contributed by atoms with Crippen LogP contribution in [-0.4, -0.2) is 43.4 Å². The number of phenolic OH excluding ortho intramolecular Hbond substituents is 1.